The minimum Gasteiger partial charge on any atom is -0.499 e. The minimum atomic E-state index is -0.621. The molecule has 0 aromatic heterocycles. The van der Waals surface area contributed by atoms with E-state index >= 15 is 0 Å². The van der Waals surface area contributed by atoms with Crippen LogP contribution in [0.25, 0.3) is 0 Å². The first kappa shape index (κ1) is 15.3. The Kier molecular flexibility index (Phi) is 4.43. The SMILES string of the molecule is CCOC1(c2ccc(N)c(OC)c2)C=CC(N)=C(OC)C1. The van der Waals surface area contributed by atoms with Gasteiger partial charge in [-0.05, 0) is 36.8 Å². The van der Waals surface area contributed by atoms with Crippen LogP contribution in [0.4, 0.5) is 5.69 Å². The van der Waals surface area contributed by atoms with Crippen molar-refractivity contribution in [3.63, 3.8) is 0 Å². The highest BCUT2D eigenvalue weighted by Gasteiger charge is 2.35. The Morgan fingerprint density at radius 2 is 1.95 bits per heavy atom. The fourth-order valence-electron chi connectivity index (χ4n) is 2.52. The van der Waals surface area contributed by atoms with Gasteiger partial charge in [0, 0.05) is 13.0 Å². The molecule has 1 atom stereocenters. The van der Waals surface area contributed by atoms with Crippen LogP contribution in [0, 0.1) is 0 Å². The highest BCUT2D eigenvalue weighted by Crippen LogP contribution is 2.40. The molecule has 0 saturated carbocycles. The van der Waals surface area contributed by atoms with Crippen molar-refractivity contribution in [2.24, 2.45) is 5.73 Å². The Morgan fingerprint density at radius 1 is 1.19 bits per heavy atom. The van der Waals surface area contributed by atoms with E-state index in [0.717, 1.165) is 5.56 Å². The molecule has 1 aliphatic rings. The molecule has 0 fully saturated rings. The maximum absolute atomic E-state index is 6.02. The molecule has 1 aromatic rings. The van der Waals surface area contributed by atoms with Gasteiger partial charge in [0.25, 0.3) is 0 Å². The van der Waals surface area contributed by atoms with Crippen molar-refractivity contribution in [1.82, 2.24) is 0 Å². The van der Waals surface area contributed by atoms with E-state index < -0.39 is 5.60 Å². The Morgan fingerprint density at radius 3 is 2.57 bits per heavy atom. The molecule has 1 aliphatic carbocycles. The van der Waals surface area contributed by atoms with Gasteiger partial charge in [-0.2, -0.15) is 0 Å². The van der Waals surface area contributed by atoms with Crippen LogP contribution in [-0.4, -0.2) is 20.8 Å². The Hall–Kier alpha value is -2.14. The third-order valence-electron chi connectivity index (χ3n) is 3.65. The second kappa shape index (κ2) is 6.10. The van der Waals surface area contributed by atoms with Crippen molar-refractivity contribution >= 4 is 5.69 Å². The molecule has 0 bridgehead atoms. The summed E-state index contributed by atoms with van der Waals surface area (Å²) in [5.41, 5.74) is 13.4. The van der Waals surface area contributed by atoms with Crippen molar-refractivity contribution < 1.29 is 14.2 Å². The van der Waals surface area contributed by atoms with Crippen molar-refractivity contribution in [2.45, 2.75) is 18.9 Å². The Labute approximate surface area is 125 Å². The molecule has 5 nitrogen and oxygen atoms in total. The summed E-state index contributed by atoms with van der Waals surface area (Å²) in [5.74, 6) is 1.34. The third-order valence-corrected chi connectivity index (χ3v) is 3.65. The predicted molar refractivity (Wildman–Crippen MR) is 82.7 cm³/mol. The fraction of sp³-hybridized carbons (Fsp3) is 0.375. The maximum Gasteiger partial charge on any atom is 0.142 e. The monoisotopic (exact) mass is 290 g/mol. The molecule has 0 amide bonds. The molecule has 0 saturated heterocycles. The lowest BCUT2D eigenvalue weighted by molar-refractivity contribution is -0.0154. The zero-order chi connectivity index (χ0) is 15.5. The van der Waals surface area contributed by atoms with Gasteiger partial charge in [0.2, 0.25) is 0 Å². The highest BCUT2D eigenvalue weighted by atomic mass is 16.5. The molecule has 0 radical (unpaired) electrons. The average molecular weight is 290 g/mol. The number of nitrogens with two attached hydrogens (primary N) is 2. The summed E-state index contributed by atoms with van der Waals surface area (Å²) >= 11 is 0. The molecular weight excluding hydrogens is 268 g/mol. The number of nitrogen functional groups attached to an aromatic ring is 1. The summed E-state index contributed by atoms with van der Waals surface area (Å²) in [7, 11) is 3.21. The second-order valence-corrected chi connectivity index (χ2v) is 4.87. The predicted octanol–water partition coefficient (Wildman–Crippen LogP) is 2.29. The lowest BCUT2D eigenvalue weighted by Crippen LogP contribution is -2.32. The van der Waals surface area contributed by atoms with Crippen molar-refractivity contribution in [1.29, 1.82) is 0 Å². The van der Waals surface area contributed by atoms with E-state index in [1.807, 2.05) is 37.3 Å². The minimum absolute atomic E-state index is 0.534. The number of methoxy groups -OCH3 is 2. The third kappa shape index (κ3) is 2.83. The summed E-state index contributed by atoms with van der Waals surface area (Å²) in [6.45, 7) is 2.52. The Balaban J connectivity index is 2.47. The number of hydrogen-bond donors (Lipinski definition) is 2. The standard InChI is InChI=1S/C16H22N2O3/c1-4-21-16(8-7-13(18)15(10-16)20-3)11-5-6-12(17)14(9-11)19-2/h5-9H,4,10,17-18H2,1-3H3. The van der Waals surface area contributed by atoms with Crippen LogP contribution in [0.2, 0.25) is 0 Å². The van der Waals surface area contributed by atoms with Crippen LogP contribution >= 0.6 is 0 Å². The number of anilines is 1. The normalized spacial score (nSPS) is 21.5. The van der Waals surface area contributed by atoms with E-state index in [9.17, 15) is 0 Å². The molecule has 21 heavy (non-hydrogen) atoms. The number of benzene rings is 1. The first-order valence-corrected chi connectivity index (χ1v) is 6.86. The van der Waals surface area contributed by atoms with Crippen molar-refractivity contribution in [2.75, 3.05) is 26.6 Å². The zero-order valence-electron chi connectivity index (χ0n) is 12.7. The zero-order valence-corrected chi connectivity index (χ0v) is 12.7. The molecule has 114 valence electrons. The molecule has 2 rings (SSSR count). The number of rotatable bonds is 5. The molecule has 5 heteroatoms. The lowest BCUT2D eigenvalue weighted by atomic mass is 9.85. The highest BCUT2D eigenvalue weighted by molar-refractivity contribution is 5.56. The van der Waals surface area contributed by atoms with E-state index in [0.29, 0.717) is 35.9 Å². The number of allylic oxidation sites excluding steroid dienone is 1. The topological polar surface area (TPSA) is 79.7 Å². The van der Waals surface area contributed by atoms with E-state index in [1.54, 1.807) is 14.2 Å². The Bertz CT molecular complexity index is 581. The first-order valence-electron chi connectivity index (χ1n) is 6.86. The quantitative estimate of drug-likeness (QED) is 0.813. The van der Waals surface area contributed by atoms with Crippen LogP contribution in [-0.2, 0) is 15.1 Å². The van der Waals surface area contributed by atoms with Gasteiger partial charge in [-0.15, -0.1) is 0 Å². The van der Waals surface area contributed by atoms with Gasteiger partial charge < -0.3 is 25.7 Å². The fourth-order valence-corrected chi connectivity index (χ4v) is 2.52. The largest absolute Gasteiger partial charge is 0.499 e. The van der Waals surface area contributed by atoms with Crippen LogP contribution < -0.4 is 16.2 Å². The van der Waals surface area contributed by atoms with Crippen LogP contribution in [0.3, 0.4) is 0 Å². The van der Waals surface area contributed by atoms with Crippen molar-refractivity contribution in [3.05, 3.63) is 47.4 Å². The molecule has 1 unspecified atom stereocenters. The van der Waals surface area contributed by atoms with Gasteiger partial charge in [-0.3, -0.25) is 0 Å². The average Bonchev–Trinajstić information content (AvgIpc) is 2.50. The van der Waals surface area contributed by atoms with Crippen molar-refractivity contribution in [3.8, 4) is 5.75 Å². The van der Waals surface area contributed by atoms with Gasteiger partial charge in [0.05, 0.1) is 25.6 Å². The summed E-state index contributed by atoms with van der Waals surface area (Å²) in [6, 6.07) is 5.65. The van der Waals surface area contributed by atoms with E-state index in [4.69, 9.17) is 25.7 Å². The molecule has 1 aromatic carbocycles. The molecule has 0 aliphatic heterocycles. The van der Waals surface area contributed by atoms with Gasteiger partial charge in [-0.1, -0.05) is 6.07 Å². The second-order valence-electron chi connectivity index (χ2n) is 4.87. The maximum atomic E-state index is 6.02. The lowest BCUT2D eigenvalue weighted by Gasteiger charge is -2.34. The van der Waals surface area contributed by atoms with E-state index in [-0.39, 0.29) is 0 Å². The first-order chi connectivity index (χ1) is 10.1. The molecule has 0 heterocycles. The van der Waals surface area contributed by atoms with E-state index in [2.05, 4.69) is 0 Å². The summed E-state index contributed by atoms with van der Waals surface area (Å²) in [4.78, 5) is 0. The summed E-state index contributed by atoms with van der Waals surface area (Å²) < 4.78 is 16.7. The van der Waals surface area contributed by atoms with E-state index in [1.165, 1.54) is 0 Å². The van der Waals surface area contributed by atoms with Crippen LogP contribution in [0.1, 0.15) is 18.9 Å². The van der Waals surface area contributed by atoms with Gasteiger partial charge in [0.15, 0.2) is 0 Å². The van der Waals surface area contributed by atoms with Gasteiger partial charge >= 0.3 is 0 Å². The van der Waals surface area contributed by atoms with Gasteiger partial charge in [-0.25, -0.2) is 0 Å². The van der Waals surface area contributed by atoms with Gasteiger partial charge in [0.1, 0.15) is 17.1 Å². The molecule has 0 spiro atoms. The summed E-state index contributed by atoms with van der Waals surface area (Å²) in [6.07, 6.45) is 4.31. The smallest absolute Gasteiger partial charge is 0.142 e. The molecular formula is C16H22N2O3. The van der Waals surface area contributed by atoms with Crippen LogP contribution in [0.5, 0.6) is 5.75 Å². The summed E-state index contributed by atoms with van der Waals surface area (Å²) in [5, 5.41) is 0. The number of hydrogen-bond acceptors (Lipinski definition) is 5. The molecule has 4 N–H and O–H groups in total. The number of ether oxygens (including phenoxy) is 3. The van der Waals surface area contributed by atoms with Crippen LogP contribution in [0.15, 0.2) is 41.8 Å².